The van der Waals surface area contributed by atoms with Gasteiger partial charge in [0.15, 0.2) is 0 Å². The van der Waals surface area contributed by atoms with E-state index >= 15 is 0 Å². The molecule has 2 N–H and O–H groups in total. The van der Waals surface area contributed by atoms with Gasteiger partial charge in [-0.05, 0) is 56.0 Å². The number of aryl methyl sites for hydroxylation is 3. The molecule has 2 nitrogen and oxygen atoms in total. The number of hydrogen-bond donors (Lipinski definition) is 1. The number of nitrogens with two attached hydrogens (primary N) is 1. The first-order valence-electron chi connectivity index (χ1n) is 6.88. The van der Waals surface area contributed by atoms with Crippen molar-refractivity contribution in [2.24, 2.45) is 0 Å². The highest BCUT2D eigenvalue weighted by atomic mass is 15.1. The molecule has 0 atom stereocenters. The van der Waals surface area contributed by atoms with E-state index < -0.39 is 0 Å². The van der Waals surface area contributed by atoms with Crippen LogP contribution in [-0.4, -0.2) is 6.54 Å². The average molecular weight is 252 g/mol. The van der Waals surface area contributed by atoms with Crippen LogP contribution in [0.25, 0.3) is 0 Å². The zero-order chi connectivity index (χ0) is 13.4. The van der Waals surface area contributed by atoms with Crippen molar-refractivity contribution in [3.05, 3.63) is 53.1 Å². The second-order valence-corrected chi connectivity index (χ2v) is 5.45. The molecule has 0 fully saturated rings. The lowest BCUT2D eigenvalue weighted by molar-refractivity contribution is 0.766. The Bertz CT molecular complexity index is 617. The van der Waals surface area contributed by atoms with Crippen LogP contribution in [0.1, 0.15) is 23.1 Å². The van der Waals surface area contributed by atoms with Gasteiger partial charge in [-0.3, -0.25) is 0 Å². The first kappa shape index (κ1) is 12.1. The summed E-state index contributed by atoms with van der Waals surface area (Å²) in [5.41, 5.74) is 13.5. The van der Waals surface area contributed by atoms with Crippen LogP contribution in [0.4, 0.5) is 17.1 Å². The van der Waals surface area contributed by atoms with E-state index in [0.717, 1.165) is 17.9 Å². The van der Waals surface area contributed by atoms with Crippen molar-refractivity contribution in [3.8, 4) is 0 Å². The van der Waals surface area contributed by atoms with Crippen LogP contribution in [0.5, 0.6) is 0 Å². The summed E-state index contributed by atoms with van der Waals surface area (Å²) in [5.74, 6) is 0. The minimum absolute atomic E-state index is 0.869. The molecule has 0 radical (unpaired) electrons. The van der Waals surface area contributed by atoms with Crippen molar-refractivity contribution in [2.75, 3.05) is 17.2 Å². The van der Waals surface area contributed by atoms with E-state index in [0.29, 0.717) is 0 Å². The molecule has 0 spiro atoms. The molecule has 1 aliphatic rings. The molecule has 98 valence electrons. The van der Waals surface area contributed by atoms with E-state index in [1.165, 1.54) is 35.2 Å². The van der Waals surface area contributed by atoms with Gasteiger partial charge in [0.25, 0.3) is 0 Å². The molecule has 2 aromatic rings. The minimum atomic E-state index is 0.869. The van der Waals surface area contributed by atoms with Crippen LogP contribution in [0.2, 0.25) is 0 Å². The molecule has 3 rings (SSSR count). The highest BCUT2D eigenvalue weighted by Crippen LogP contribution is 2.36. The summed E-state index contributed by atoms with van der Waals surface area (Å²) < 4.78 is 0. The summed E-state index contributed by atoms with van der Waals surface area (Å²) in [6.07, 6.45) is 2.35. The predicted molar refractivity (Wildman–Crippen MR) is 82.1 cm³/mol. The third-order valence-corrected chi connectivity index (χ3v) is 3.83. The third kappa shape index (κ3) is 2.19. The fraction of sp³-hybridized carbons (Fsp3) is 0.294. The summed E-state index contributed by atoms with van der Waals surface area (Å²) in [6.45, 7) is 5.27. The van der Waals surface area contributed by atoms with Crippen LogP contribution in [-0.2, 0) is 6.42 Å². The normalized spacial score (nSPS) is 14.3. The smallest absolute Gasteiger partial charge is 0.0644 e. The van der Waals surface area contributed by atoms with E-state index in [2.05, 4.69) is 55.1 Å². The lowest BCUT2D eigenvalue weighted by atomic mass is 9.98. The number of nitrogens with zero attached hydrogens (tertiary/aromatic N) is 1. The van der Waals surface area contributed by atoms with Gasteiger partial charge in [-0.1, -0.05) is 23.8 Å². The second kappa shape index (κ2) is 4.61. The number of rotatable bonds is 1. The van der Waals surface area contributed by atoms with Crippen LogP contribution in [0, 0.1) is 13.8 Å². The van der Waals surface area contributed by atoms with Gasteiger partial charge in [-0.25, -0.2) is 0 Å². The molecule has 0 bridgehead atoms. The first-order chi connectivity index (χ1) is 9.15. The van der Waals surface area contributed by atoms with Crippen molar-refractivity contribution >= 4 is 17.1 Å². The zero-order valence-corrected chi connectivity index (χ0v) is 11.6. The molecule has 2 heteroatoms. The van der Waals surface area contributed by atoms with Crippen molar-refractivity contribution in [3.63, 3.8) is 0 Å². The quantitative estimate of drug-likeness (QED) is 0.778. The van der Waals surface area contributed by atoms with Gasteiger partial charge in [0, 0.05) is 12.2 Å². The van der Waals surface area contributed by atoms with Gasteiger partial charge >= 0.3 is 0 Å². The SMILES string of the molecule is Cc1ccc(N2CCCc3cc(C)ccc32)c(N)c1. The maximum Gasteiger partial charge on any atom is 0.0644 e. The molecule has 1 heterocycles. The molecule has 0 unspecified atom stereocenters. The molecule has 1 aliphatic heterocycles. The summed E-state index contributed by atoms with van der Waals surface area (Å²) in [4.78, 5) is 2.35. The number of nitrogen functional groups attached to an aromatic ring is 1. The Labute approximate surface area is 114 Å². The Morgan fingerprint density at radius 3 is 2.37 bits per heavy atom. The monoisotopic (exact) mass is 252 g/mol. The Kier molecular flexibility index (Phi) is 2.94. The molecule has 0 saturated heterocycles. The maximum atomic E-state index is 6.20. The van der Waals surface area contributed by atoms with E-state index in [1.54, 1.807) is 0 Å². The number of hydrogen-bond acceptors (Lipinski definition) is 2. The van der Waals surface area contributed by atoms with E-state index in [1.807, 2.05) is 0 Å². The standard InChI is InChI=1S/C17H20N2/c1-12-5-7-16-14(10-12)4-3-9-19(16)17-8-6-13(2)11-15(17)18/h5-8,10-11H,3-4,9,18H2,1-2H3. The predicted octanol–water partition coefficient (Wildman–Crippen LogP) is 3.97. The lowest BCUT2D eigenvalue weighted by Gasteiger charge is -2.32. The number of fused-ring (bicyclic) bond motifs is 1. The van der Waals surface area contributed by atoms with Gasteiger partial charge in [-0.2, -0.15) is 0 Å². The third-order valence-electron chi connectivity index (χ3n) is 3.83. The molecule has 0 amide bonds. The summed E-state index contributed by atoms with van der Waals surface area (Å²) in [7, 11) is 0. The highest BCUT2D eigenvalue weighted by molar-refractivity contribution is 5.77. The molecule has 19 heavy (non-hydrogen) atoms. The molecular formula is C17H20N2. The van der Waals surface area contributed by atoms with Crippen LogP contribution >= 0.6 is 0 Å². The summed E-state index contributed by atoms with van der Waals surface area (Å²) >= 11 is 0. The Hall–Kier alpha value is -1.96. The Morgan fingerprint density at radius 2 is 1.63 bits per heavy atom. The number of benzene rings is 2. The maximum absolute atomic E-state index is 6.20. The largest absolute Gasteiger partial charge is 0.397 e. The fourth-order valence-corrected chi connectivity index (χ4v) is 2.90. The molecule has 0 saturated carbocycles. The fourth-order valence-electron chi connectivity index (χ4n) is 2.90. The van der Waals surface area contributed by atoms with Gasteiger partial charge in [0.05, 0.1) is 11.4 Å². The van der Waals surface area contributed by atoms with Gasteiger partial charge in [0.2, 0.25) is 0 Å². The average Bonchev–Trinajstić information content (AvgIpc) is 2.38. The van der Waals surface area contributed by atoms with Crippen molar-refractivity contribution in [2.45, 2.75) is 26.7 Å². The second-order valence-electron chi connectivity index (χ2n) is 5.45. The molecule has 2 aromatic carbocycles. The topological polar surface area (TPSA) is 29.3 Å². The Morgan fingerprint density at radius 1 is 0.947 bits per heavy atom. The van der Waals surface area contributed by atoms with Gasteiger partial charge in [-0.15, -0.1) is 0 Å². The molecular weight excluding hydrogens is 232 g/mol. The summed E-state index contributed by atoms with van der Waals surface area (Å²) in [5, 5.41) is 0. The summed E-state index contributed by atoms with van der Waals surface area (Å²) in [6, 6.07) is 13.0. The molecule has 0 aromatic heterocycles. The van der Waals surface area contributed by atoms with E-state index in [4.69, 9.17) is 5.73 Å². The van der Waals surface area contributed by atoms with Gasteiger partial charge in [0.1, 0.15) is 0 Å². The minimum Gasteiger partial charge on any atom is -0.397 e. The van der Waals surface area contributed by atoms with Gasteiger partial charge < -0.3 is 10.6 Å². The lowest BCUT2D eigenvalue weighted by Crippen LogP contribution is -2.25. The zero-order valence-electron chi connectivity index (χ0n) is 11.6. The van der Waals surface area contributed by atoms with Crippen molar-refractivity contribution in [1.29, 1.82) is 0 Å². The number of anilines is 3. The van der Waals surface area contributed by atoms with E-state index in [9.17, 15) is 0 Å². The van der Waals surface area contributed by atoms with Crippen LogP contribution in [0.3, 0.4) is 0 Å². The van der Waals surface area contributed by atoms with E-state index in [-0.39, 0.29) is 0 Å². The molecule has 0 aliphatic carbocycles. The first-order valence-corrected chi connectivity index (χ1v) is 6.88. The van der Waals surface area contributed by atoms with Crippen molar-refractivity contribution < 1.29 is 0 Å². The highest BCUT2D eigenvalue weighted by Gasteiger charge is 2.19. The van der Waals surface area contributed by atoms with Crippen LogP contribution < -0.4 is 10.6 Å². The Balaban J connectivity index is 2.08. The van der Waals surface area contributed by atoms with Crippen LogP contribution in [0.15, 0.2) is 36.4 Å². The van der Waals surface area contributed by atoms with Crippen molar-refractivity contribution in [1.82, 2.24) is 0 Å².